The molecule has 0 saturated heterocycles. The Hall–Kier alpha value is -2.94. The summed E-state index contributed by atoms with van der Waals surface area (Å²) in [6.45, 7) is 4.39. The van der Waals surface area contributed by atoms with Gasteiger partial charge in [0.05, 0.1) is 0 Å². The lowest BCUT2D eigenvalue weighted by molar-refractivity contribution is 0.239. The normalized spacial score (nSPS) is 20.5. The van der Waals surface area contributed by atoms with E-state index >= 15 is 0 Å². The maximum Gasteiger partial charge on any atom is 0.0431 e. The van der Waals surface area contributed by atoms with E-state index in [9.17, 15) is 10.2 Å². The summed E-state index contributed by atoms with van der Waals surface area (Å²) in [7, 11) is 0. The van der Waals surface area contributed by atoms with Gasteiger partial charge in [-0.2, -0.15) is 0 Å². The number of fused-ring (bicyclic) bond motifs is 4. The summed E-state index contributed by atoms with van der Waals surface area (Å²) in [5, 5.41) is 19.7. The van der Waals surface area contributed by atoms with Crippen LogP contribution in [0.5, 0.6) is 0 Å². The summed E-state index contributed by atoms with van der Waals surface area (Å²) in [5.74, 6) is 0. The van der Waals surface area contributed by atoms with Gasteiger partial charge in [-0.25, -0.2) is 0 Å². The number of aliphatic hydroxyl groups excluding tert-OH is 2. The summed E-state index contributed by atoms with van der Waals surface area (Å²) in [5.41, 5.74) is 9.47. The van der Waals surface area contributed by atoms with Crippen LogP contribution in [-0.2, 0) is 10.8 Å². The molecule has 3 aromatic carbocycles. The van der Waals surface area contributed by atoms with Crippen molar-refractivity contribution >= 4 is 5.57 Å². The van der Waals surface area contributed by atoms with Gasteiger partial charge < -0.3 is 10.2 Å². The molecule has 0 spiro atoms. The van der Waals surface area contributed by atoms with Crippen molar-refractivity contribution in [1.82, 2.24) is 0 Å². The lowest BCUT2D eigenvalue weighted by atomic mass is 9.65. The molecule has 0 fully saturated rings. The zero-order chi connectivity index (χ0) is 24.3. The standard InChI is InChI=1S/C33H36O2/c1-2-11-25-24-32(18-9-22-34,29-15-6-3-12-26(25)29)20-21-33(19-10-23-35)30-16-7-4-13-27(30)28-14-5-8-17-31(28)33/h2-8,11-17,34-35H,1,9-10,18-24H2/b25-11+. The Morgan fingerprint density at radius 1 is 0.657 bits per heavy atom. The molecule has 3 aromatic rings. The molecule has 35 heavy (non-hydrogen) atoms. The maximum atomic E-state index is 9.86. The highest BCUT2D eigenvalue weighted by Gasteiger charge is 2.46. The first-order chi connectivity index (χ1) is 17.2. The minimum absolute atomic E-state index is 0.00708. The first-order valence-electron chi connectivity index (χ1n) is 13.0. The molecular formula is C33H36O2. The van der Waals surface area contributed by atoms with Crippen molar-refractivity contribution < 1.29 is 10.2 Å². The van der Waals surface area contributed by atoms with E-state index in [1.54, 1.807) is 0 Å². The van der Waals surface area contributed by atoms with Crippen LogP contribution in [0.4, 0.5) is 0 Å². The second-order valence-electron chi connectivity index (χ2n) is 10.3. The summed E-state index contributed by atoms with van der Waals surface area (Å²) in [4.78, 5) is 0. The zero-order valence-corrected chi connectivity index (χ0v) is 20.5. The van der Waals surface area contributed by atoms with Crippen molar-refractivity contribution in [3.05, 3.63) is 114 Å². The molecule has 2 aliphatic rings. The molecule has 0 heterocycles. The molecule has 1 unspecified atom stereocenters. The van der Waals surface area contributed by atoms with Crippen molar-refractivity contribution in [2.75, 3.05) is 13.2 Å². The topological polar surface area (TPSA) is 40.5 Å². The van der Waals surface area contributed by atoms with Crippen LogP contribution in [0.3, 0.4) is 0 Å². The van der Waals surface area contributed by atoms with Crippen LogP contribution in [0.25, 0.3) is 16.7 Å². The van der Waals surface area contributed by atoms with E-state index in [-0.39, 0.29) is 24.0 Å². The van der Waals surface area contributed by atoms with Crippen LogP contribution in [0, 0.1) is 0 Å². The second-order valence-corrected chi connectivity index (χ2v) is 10.3. The molecule has 1 atom stereocenters. The van der Waals surface area contributed by atoms with Crippen molar-refractivity contribution in [3.8, 4) is 11.1 Å². The van der Waals surface area contributed by atoms with Crippen molar-refractivity contribution in [1.29, 1.82) is 0 Å². The van der Waals surface area contributed by atoms with Crippen LogP contribution in [0.1, 0.15) is 67.2 Å². The fourth-order valence-electron chi connectivity index (χ4n) is 6.97. The number of allylic oxidation sites excluding steroid dienone is 3. The monoisotopic (exact) mass is 464 g/mol. The molecule has 0 aliphatic heterocycles. The van der Waals surface area contributed by atoms with Gasteiger partial charge in [0.25, 0.3) is 0 Å². The minimum Gasteiger partial charge on any atom is -0.396 e. The van der Waals surface area contributed by atoms with Gasteiger partial charge in [0.15, 0.2) is 0 Å². The molecule has 0 aromatic heterocycles. The van der Waals surface area contributed by atoms with E-state index in [0.717, 1.165) is 44.9 Å². The van der Waals surface area contributed by atoms with Crippen LogP contribution in [0.2, 0.25) is 0 Å². The summed E-state index contributed by atoms with van der Waals surface area (Å²) < 4.78 is 0. The molecule has 0 saturated carbocycles. The number of hydrogen-bond donors (Lipinski definition) is 2. The third-order valence-corrected chi connectivity index (χ3v) is 8.47. The van der Waals surface area contributed by atoms with Crippen molar-refractivity contribution in [3.63, 3.8) is 0 Å². The van der Waals surface area contributed by atoms with Gasteiger partial charge in [0, 0.05) is 24.0 Å². The number of aliphatic hydroxyl groups is 2. The molecule has 2 nitrogen and oxygen atoms in total. The van der Waals surface area contributed by atoms with Crippen molar-refractivity contribution in [2.45, 2.75) is 55.8 Å². The van der Waals surface area contributed by atoms with E-state index in [0.29, 0.717) is 0 Å². The third kappa shape index (κ3) is 3.99. The zero-order valence-electron chi connectivity index (χ0n) is 20.5. The SMILES string of the molecule is C=C/C=C1\CC(CCCO)(CCC2(CCCO)c3ccccc3-c3ccccc32)c2ccccc21. The van der Waals surface area contributed by atoms with Gasteiger partial charge in [0.2, 0.25) is 0 Å². The Morgan fingerprint density at radius 3 is 1.80 bits per heavy atom. The predicted molar refractivity (Wildman–Crippen MR) is 145 cm³/mol. The number of hydrogen-bond acceptors (Lipinski definition) is 2. The molecule has 180 valence electrons. The third-order valence-electron chi connectivity index (χ3n) is 8.47. The fraction of sp³-hybridized carbons (Fsp3) is 0.333. The van der Waals surface area contributed by atoms with Crippen LogP contribution in [0.15, 0.2) is 91.5 Å². The highest BCUT2D eigenvalue weighted by molar-refractivity contribution is 5.81. The molecule has 2 aliphatic carbocycles. The average Bonchev–Trinajstić information content (AvgIpc) is 3.37. The Morgan fingerprint density at radius 2 is 1.20 bits per heavy atom. The van der Waals surface area contributed by atoms with Gasteiger partial charge in [-0.05, 0) is 83.9 Å². The molecule has 0 radical (unpaired) electrons. The fourth-order valence-corrected chi connectivity index (χ4v) is 6.97. The number of rotatable bonds is 10. The Balaban J connectivity index is 1.60. The highest BCUT2D eigenvalue weighted by Crippen LogP contribution is 2.57. The quantitative estimate of drug-likeness (QED) is 0.333. The van der Waals surface area contributed by atoms with Crippen LogP contribution in [-0.4, -0.2) is 23.4 Å². The molecule has 5 rings (SSSR count). The van der Waals surface area contributed by atoms with Crippen LogP contribution < -0.4 is 0 Å². The second kappa shape index (κ2) is 9.97. The summed E-state index contributed by atoms with van der Waals surface area (Å²) >= 11 is 0. The lowest BCUT2D eigenvalue weighted by Gasteiger charge is -2.38. The van der Waals surface area contributed by atoms with Crippen LogP contribution >= 0.6 is 0 Å². The first kappa shape index (κ1) is 23.8. The maximum absolute atomic E-state index is 9.86. The lowest BCUT2D eigenvalue weighted by Crippen LogP contribution is -2.31. The van der Waals surface area contributed by atoms with E-state index in [4.69, 9.17) is 0 Å². The van der Waals surface area contributed by atoms with Gasteiger partial charge in [-0.15, -0.1) is 0 Å². The van der Waals surface area contributed by atoms with Gasteiger partial charge in [0.1, 0.15) is 0 Å². The summed E-state index contributed by atoms with van der Waals surface area (Å²) in [6, 6.07) is 26.6. The first-order valence-corrected chi connectivity index (χ1v) is 13.0. The smallest absolute Gasteiger partial charge is 0.0431 e. The van der Waals surface area contributed by atoms with E-state index in [2.05, 4.69) is 85.5 Å². The van der Waals surface area contributed by atoms with E-state index in [1.165, 1.54) is 39.0 Å². The Bertz CT molecular complexity index is 1190. The van der Waals surface area contributed by atoms with Gasteiger partial charge in [-0.3, -0.25) is 0 Å². The van der Waals surface area contributed by atoms with Crippen molar-refractivity contribution in [2.24, 2.45) is 0 Å². The molecular weight excluding hydrogens is 428 g/mol. The molecule has 2 N–H and O–H groups in total. The Labute approximate surface area is 209 Å². The Kier molecular flexibility index (Phi) is 6.77. The average molecular weight is 465 g/mol. The highest BCUT2D eigenvalue weighted by atomic mass is 16.3. The van der Waals surface area contributed by atoms with Gasteiger partial charge in [-0.1, -0.05) is 91.5 Å². The number of benzene rings is 3. The molecule has 0 amide bonds. The minimum atomic E-state index is -0.109. The molecule has 2 heteroatoms. The molecule has 0 bridgehead atoms. The van der Waals surface area contributed by atoms with E-state index < -0.39 is 0 Å². The largest absolute Gasteiger partial charge is 0.396 e. The van der Waals surface area contributed by atoms with Gasteiger partial charge >= 0.3 is 0 Å². The predicted octanol–water partition coefficient (Wildman–Crippen LogP) is 7.19. The summed E-state index contributed by atoms with van der Waals surface area (Å²) in [6.07, 6.45) is 10.6. The van der Waals surface area contributed by atoms with E-state index in [1.807, 2.05) is 6.08 Å².